The van der Waals surface area contributed by atoms with Crippen LogP contribution in [0.2, 0.25) is 0 Å². The molecule has 0 spiro atoms. The van der Waals surface area contributed by atoms with E-state index < -0.39 is 34.3 Å². The number of sulfonamides is 1. The van der Waals surface area contributed by atoms with Gasteiger partial charge >= 0.3 is 0 Å². The topological polar surface area (TPSA) is 86.8 Å². The van der Waals surface area contributed by atoms with Gasteiger partial charge in [-0.25, -0.2) is 12.8 Å². The highest BCUT2D eigenvalue weighted by molar-refractivity contribution is 9.10. The molecular weight excluding hydrogens is 669 g/mol. The Hall–Kier alpha value is -4.02. The number of carbonyl (C=O) groups excluding carboxylic acids is 2. The molecule has 1 aliphatic rings. The van der Waals surface area contributed by atoms with Gasteiger partial charge in [-0.1, -0.05) is 108 Å². The van der Waals surface area contributed by atoms with Crippen LogP contribution in [0.3, 0.4) is 0 Å². The second-order valence-corrected chi connectivity index (χ2v) is 14.3. The Morgan fingerprint density at radius 3 is 2.13 bits per heavy atom. The quantitative estimate of drug-likeness (QED) is 0.174. The predicted molar refractivity (Wildman–Crippen MR) is 181 cm³/mol. The summed E-state index contributed by atoms with van der Waals surface area (Å²) in [6, 6.07) is 28.9. The number of para-hydroxylation sites is 1. The lowest BCUT2D eigenvalue weighted by atomic mass is 9.94. The molecule has 4 aromatic carbocycles. The first-order valence-electron chi connectivity index (χ1n) is 15.4. The van der Waals surface area contributed by atoms with Gasteiger partial charge < -0.3 is 10.2 Å². The molecular formula is C36H37BrFN3O4S. The summed E-state index contributed by atoms with van der Waals surface area (Å²) in [5.41, 5.74) is 1.34. The predicted octanol–water partition coefficient (Wildman–Crippen LogP) is 6.87. The molecule has 1 N–H and O–H groups in total. The fourth-order valence-corrected chi connectivity index (χ4v) is 7.71. The molecule has 10 heteroatoms. The lowest BCUT2D eigenvalue weighted by Crippen LogP contribution is -2.55. The lowest BCUT2D eigenvalue weighted by Gasteiger charge is -2.35. The summed E-state index contributed by atoms with van der Waals surface area (Å²) in [6.45, 7) is -0.682. The molecule has 5 rings (SSSR count). The van der Waals surface area contributed by atoms with Crippen LogP contribution in [-0.2, 0) is 32.6 Å². The summed E-state index contributed by atoms with van der Waals surface area (Å²) in [5.74, 6) is -1.73. The average Bonchev–Trinajstić information content (AvgIpc) is 3.07. The van der Waals surface area contributed by atoms with E-state index in [1.807, 2.05) is 54.6 Å². The van der Waals surface area contributed by atoms with Crippen molar-refractivity contribution in [3.05, 3.63) is 131 Å². The van der Waals surface area contributed by atoms with Gasteiger partial charge in [0.1, 0.15) is 18.4 Å². The van der Waals surface area contributed by atoms with Crippen LogP contribution in [0, 0.1) is 5.82 Å². The largest absolute Gasteiger partial charge is 0.352 e. The minimum atomic E-state index is -4.37. The maximum absolute atomic E-state index is 15.3. The molecule has 0 radical (unpaired) electrons. The van der Waals surface area contributed by atoms with E-state index in [-0.39, 0.29) is 35.5 Å². The number of carbonyl (C=O) groups is 2. The van der Waals surface area contributed by atoms with Gasteiger partial charge in [-0.2, -0.15) is 0 Å². The fourth-order valence-electron chi connectivity index (χ4n) is 5.82. The highest BCUT2D eigenvalue weighted by atomic mass is 79.9. The standard InChI is InChI=1S/C36H37BrFN3O4S/c37-29-16-12-15-28(23-29)25-40(34(24-27-13-4-1-5-14-27)36(43)39-30-17-6-2-7-18-30)35(42)26-41(33-22-11-10-21-32(33)38)46(44,45)31-19-8-3-9-20-31/h1,3-5,8-16,19-23,30,34H,2,6-7,17-18,24-26H2,(H,39,43)/t34-/m1/s1. The highest BCUT2D eigenvalue weighted by Crippen LogP contribution is 2.28. The molecule has 1 aliphatic carbocycles. The van der Waals surface area contributed by atoms with Crippen molar-refractivity contribution in [3.8, 4) is 0 Å². The van der Waals surface area contributed by atoms with Crippen LogP contribution in [0.1, 0.15) is 43.2 Å². The number of nitrogens with one attached hydrogen (secondary N) is 1. The number of benzene rings is 4. The zero-order valence-corrected chi connectivity index (χ0v) is 27.8. The normalized spacial score (nSPS) is 14.3. The molecule has 0 unspecified atom stereocenters. The van der Waals surface area contributed by atoms with Crippen LogP contribution in [-0.4, -0.2) is 43.8 Å². The van der Waals surface area contributed by atoms with Crippen molar-refractivity contribution in [3.63, 3.8) is 0 Å². The Balaban J connectivity index is 1.56. The van der Waals surface area contributed by atoms with Crippen molar-refractivity contribution >= 4 is 43.5 Å². The molecule has 0 aliphatic heterocycles. The average molecular weight is 707 g/mol. The van der Waals surface area contributed by atoms with Crippen LogP contribution < -0.4 is 9.62 Å². The van der Waals surface area contributed by atoms with E-state index in [9.17, 15) is 18.0 Å². The van der Waals surface area contributed by atoms with Crippen LogP contribution in [0.25, 0.3) is 0 Å². The second kappa shape index (κ2) is 15.5. The van der Waals surface area contributed by atoms with Crippen molar-refractivity contribution in [2.45, 2.75) is 62.0 Å². The van der Waals surface area contributed by atoms with Crippen molar-refractivity contribution in [1.82, 2.24) is 10.2 Å². The first-order valence-corrected chi connectivity index (χ1v) is 17.7. The molecule has 1 fully saturated rings. The molecule has 0 aromatic heterocycles. The maximum Gasteiger partial charge on any atom is 0.264 e. The molecule has 1 saturated carbocycles. The number of nitrogens with zero attached hydrogens (tertiary/aromatic N) is 2. The summed E-state index contributed by atoms with van der Waals surface area (Å²) in [4.78, 5) is 30.0. The van der Waals surface area contributed by atoms with E-state index in [4.69, 9.17) is 0 Å². The third-order valence-electron chi connectivity index (χ3n) is 8.20. The van der Waals surface area contributed by atoms with Gasteiger partial charge in [0.15, 0.2) is 0 Å². The Kier molecular flexibility index (Phi) is 11.2. The van der Waals surface area contributed by atoms with Crippen LogP contribution >= 0.6 is 15.9 Å². The van der Waals surface area contributed by atoms with Gasteiger partial charge in [-0.3, -0.25) is 13.9 Å². The molecule has 240 valence electrons. The second-order valence-electron chi connectivity index (χ2n) is 11.5. The Morgan fingerprint density at radius 2 is 1.46 bits per heavy atom. The third-order valence-corrected chi connectivity index (χ3v) is 10.5. The van der Waals surface area contributed by atoms with Gasteiger partial charge in [0.05, 0.1) is 10.6 Å². The molecule has 7 nitrogen and oxygen atoms in total. The fraction of sp³-hybridized carbons (Fsp3) is 0.278. The van der Waals surface area contributed by atoms with Gasteiger partial charge in [0, 0.05) is 23.5 Å². The number of anilines is 1. The zero-order chi connectivity index (χ0) is 32.5. The number of amides is 2. The van der Waals surface area contributed by atoms with E-state index in [2.05, 4.69) is 21.2 Å². The smallest absolute Gasteiger partial charge is 0.264 e. The van der Waals surface area contributed by atoms with Crippen molar-refractivity contribution < 1.29 is 22.4 Å². The lowest BCUT2D eigenvalue weighted by molar-refractivity contribution is -0.140. The van der Waals surface area contributed by atoms with E-state index >= 15 is 4.39 Å². The summed E-state index contributed by atoms with van der Waals surface area (Å²) in [5, 5.41) is 3.19. The molecule has 1 atom stereocenters. The van der Waals surface area contributed by atoms with E-state index in [0.717, 1.165) is 58.1 Å². The van der Waals surface area contributed by atoms with E-state index in [0.29, 0.717) is 0 Å². The Morgan fingerprint density at radius 1 is 0.826 bits per heavy atom. The minimum Gasteiger partial charge on any atom is -0.352 e. The summed E-state index contributed by atoms with van der Waals surface area (Å²) < 4.78 is 44.9. The monoisotopic (exact) mass is 705 g/mol. The molecule has 0 heterocycles. The van der Waals surface area contributed by atoms with Crippen LogP contribution in [0.4, 0.5) is 10.1 Å². The van der Waals surface area contributed by atoms with E-state index in [1.165, 1.54) is 35.2 Å². The number of hydrogen-bond donors (Lipinski definition) is 1. The Labute approximate surface area is 278 Å². The molecule has 46 heavy (non-hydrogen) atoms. The Bertz CT molecular complexity index is 1730. The number of hydrogen-bond acceptors (Lipinski definition) is 4. The first kappa shape index (κ1) is 33.3. The van der Waals surface area contributed by atoms with E-state index in [1.54, 1.807) is 18.2 Å². The molecule has 0 saturated heterocycles. The van der Waals surface area contributed by atoms with Crippen molar-refractivity contribution in [1.29, 1.82) is 0 Å². The third kappa shape index (κ3) is 8.41. The summed E-state index contributed by atoms with van der Waals surface area (Å²) in [6.07, 6.45) is 5.09. The maximum atomic E-state index is 15.3. The number of halogens is 2. The first-order chi connectivity index (χ1) is 22.2. The van der Waals surface area contributed by atoms with Crippen LogP contribution in [0.15, 0.2) is 119 Å². The number of rotatable bonds is 12. The van der Waals surface area contributed by atoms with Gasteiger partial charge in [0.2, 0.25) is 11.8 Å². The van der Waals surface area contributed by atoms with Crippen LogP contribution in [0.5, 0.6) is 0 Å². The minimum absolute atomic E-state index is 0.00397. The zero-order valence-electron chi connectivity index (χ0n) is 25.4. The van der Waals surface area contributed by atoms with Gasteiger partial charge in [0.25, 0.3) is 10.0 Å². The summed E-state index contributed by atoms with van der Waals surface area (Å²) in [7, 11) is -4.37. The van der Waals surface area contributed by atoms with Gasteiger partial charge in [-0.05, 0) is 60.4 Å². The van der Waals surface area contributed by atoms with Crippen molar-refractivity contribution in [2.75, 3.05) is 10.8 Å². The van der Waals surface area contributed by atoms with Crippen molar-refractivity contribution in [2.24, 2.45) is 0 Å². The SMILES string of the molecule is O=C(NC1CCCCC1)[C@@H](Cc1ccccc1)N(Cc1cccc(Br)c1)C(=O)CN(c1ccccc1F)S(=O)(=O)c1ccccc1. The van der Waals surface area contributed by atoms with Gasteiger partial charge in [-0.15, -0.1) is 0 Å². The molecule has 0 bridgehead atoms. The molecule has 2 amide bonds. The molecule has 4 aromatic rings. The summed E-state index contributed by atoms with van der Waals surface area (Å²) >= 11 is 3.49. The highest BCUT2D eigenvalue weighted by Gasteiger charge is 2.36.